The number of hydrogen-bond acceptors (Lipinski definition) is 24. The topological polar surface area (TPSA) is 493 Å². The van der Waals surface area contributed by atoms with E-state index in [1.165, 1.54) is 0 Å². The Labute approximate surface area is 291 Å². The molecule has 306 valence electrons. The lowest BCUT2D eigenvalue weighted by atomic mass is 10.0. The van der Waals surface area contributed by atoms with Gasteiger partial charge in [-0.1, -0.05) is 0 Å². The molecule has 0 aromatic heterocycles. The van der Waals surface area contributed by atoms with Crippen LogP contribution >= 0.6 is 0 Å². The van der Waals surface area contributed by atoms with Crippen LogP contribution < -0.4 is 0 Å². The largest absolute Gasteiger partial charge is 0.397 e. The molecule has 1 fully saturated rings. The molecule has 8 N–H and O–H groups in total. The van der Waals surface area contributed by atoms with Gasteiger partial charge >= 0.3 is 85.1 Å². The first-order chi connectivity index (χ1) is 22.6. The summed E-state index contributed by atoms with van der Waals surface area (Å²) in [5.74, 6) is 0. The van der Waals surface area contributed by atoms with Crippen LogP contribution in [-0.2, 0) is 128 Å². The minimum Gasteiger partial charge on any atom is -0.347 e. The maximum absolute atomic E-state index is 11.7. The molecular formula is C11H22O32S8. The smallest absolute Gasteiger partial charge is 0.347 e. The summed E-state index contributed by atoms with van der Waals surface area (Å²) in [4.78, 5) is 0. The third-order valence-electron chi connectivity index (χ3n) is 4.83. The van der Waals surface area contributed by atoms with Gasteiger partial charge in [0.05, 0.1) is 19.8 Å². The zero-order valence-corrected chi connectivity index (χ0v) is 29.9. The first kappa shape index (κ1) is 48.3. The predicted molar refractivity (Wildman–Crippen MR) is 147 cm³/mol. The van der Waals surface area contributed by atoms with E-state index >= 15 is 0 Å². The van der Waals surface area contributed by atoms with Gasteiger partial charge in [-0.2, -0.15) is 58.9 Å². The molecule has 0 radical (unpaired) electrons. The van der Waals surface area contributed by atoms with Crippen molar-refractivity contribution in [2.45, 2.75) is 49.0 Å². The lowest BCUT2D eigenvalue weighted by molar-refractivity contribution is -0.262. The Morgan fingerprint density at radius 3 is 1.33 bits per heavy atom. The predicted octanol–water partition coefficient (Wildman–Crippen LogP) is -5.84. The molecular weight excluding hydrogens is 901 g/mol. The molecule has 1 heterocycles. The molecule has 2 unspecified atom stereocenters. The van der Waals surface area contributed by atoms with Gasteiger partial charge in [0.25, 0.3) is 0 Å². The molecule has 40 heteroatoms. The van der Waals surface area contributed by atoms with Gasteiger partial charge in [0.2, 0.25) is 0 Å². The molecule has 0 spiro atoms. The fraction of sp³-hybridized carbons (Fsp3) is 1.00. The second-order valence-corrected chi connectivity index (χ2v) is 16.1. The Bertz CT molecular complexity index is 1880. The molecule has 0 saturated carbocycles. The Morgan fingerprint density at radius 2 is 0.980 bits per heavy atom. The van der Waals surface area contributed by atoms with Crippen LogP contribution in [0.4, 0.5) is 0 Å². The summed E-state index contributed by atoms with van der Waals surface area (Å²) in [5.41, 5.74) is 0. The van der Waals surface area contributed by atoms with Crippen molar-refractivity contribution in [3.63, 3.8) is 0 Å². The van der Waals surface area contributed by atoms with Crippen molar-refractivity contribution in [3.8, 4) is 0 Å². The van der Waals surface area contributed by atoms with Crippen molar-refractivity contribution in [2.24, 2.45) is 0 Å². The third kappa shape index (κ3) is 21.1. The molecule has 0 bridgehead atoms. The molecule has 1 aliphatic rings. The fourth-order valence-electron chi connectivity index (χ4n) is 3.48. The molecule has 0 aromatic rings. The summed E-state index contributed by atoms with van der Waals surface area (Å²) >= 11 is -6.78. The highest BCUT2D eigenvalue weighted by Gasteiger charge is 2.51. The van der Waals surface area contributed by atoms with Crippen LogP contribution in [0.1, 0.15) is 0 Å². The maximum Gasteiger partial charge on any atom is 0.397 e. The molecule has 0 aliphatic carbocycles. The molecule has 51 heavy (non-hydrogen) atoms. The first-order valence-corrected chi connectivity index (χ1v) is 21.6. The van der Waals surface area contributed by atoms with E-state index in [2.05, 4.69) is 33.5 Å². The Hall–Kier alpha value is -0.720. The second-order valence-electron chi connectivity index (χ2n) is 8.47. The van der Waals surface area contributed by atoms with Crippen LogP contribution in [-0.4, -0.2) is 164 Å². The van der Waals surface area contributed by atoms with Crippen LogP contribution in [0.25, 0.3) is 0 Å². The van der Waals surface area contributed by atoms with E-state index in [0.717, 1.165) is 0 Å². The lowest BCUT2D eigenvalue weighted by Crippen LogP contribution is -2.59. The van der Waals surface area contributed by atoms with E-state index in [1.807, 2.05) is 0 Å². The highest BCUT2D eigenvalue weighted by Crippen LogP contribution is 2.29. The summed E-state index contributed by atoms with van der Waals surface area (Å²) < 4.78 is 276. The van der Waals surface area contributed by atoms with Crippen LogP contribution in [0.3, 0.4) is 0 Å². The quantitative estimate of drug-likeness (QED) is 0.0349. The van der Waals surface area contributed by atoms with E-state index < -0.39 is 154 Å². The summed E-state index contributed by atoms with van der Waals surface area (Å²) in [7, 11) is -36.1. The number of rotatable bonds is 23. The van der Waals surface area contributed by atoms with Crippen molar-refractivity contribution in [1.29, 1.82) is 0 Å². The average Bonchev–Trinajstić information content (AvgIpc) is 2.85. The van der Waals surface area contributed by atoms with Crippen LogP contribution in [0, 0.1) is 0 Å². The van der Waals surface area contributed by atoms with Crippen LogP contribution in [0.15, 0.2) is 0 Å². The van der Waals surface area contributed by atoms with E-state index in [4.69, 9.17) is 27.7 Å². The van der Waals surface area contributed by atoms with Crippen LogP contribution in [0.2, 0.25) is 0 Å². The van der Waals surface area contributed by atoms with Gasteiger partial charge in [0, 0.05) is 0 Å². The minimum atomic E-state index is -6.23. The Kier molecular flexibility index (Phi) is 17.8. The standard InChI is InChI=1S/C11H22O32S8/c12-44(13)37-4-1-34-11(10(43-51(31,32)33)7(4)38-45(14)15)35-2-5(39-47(19,20)21)8(41-49(25,26)27)9(42-50(28,29)30)6(40-48(22,23)24)3-36-46(16,17)18/h4-11H,1-3H2,(H,12,13)(H,14,15)(H,16,17,18)(H,19,20,21)(H,22,23,24)(H,25,26,27)(H,28,29,30)(H,31,32,33)/t4-,5-,6-,7-,8-,9-,10+,11-/m1/s1. The van der Waals surface area contributed by atoms with Crippen molar-refractivity contribution in [2.75, 3.05) is 19.8 Å². The van der Waals surface area contributed by atoms with Crippen molar-refractivity contribution < 1.29 is 138 Å². The summed E-state index contributed by atoms with van der Waals surface area (Å²) in [6, 6.07) is 0. The zero-order valence-electron chi connectivity index (χ0n) is 23.4. The number of hydrogen-bond donors (Lipinski definition) is 8. The monoisotopic (exact) mass is 922 g/mol. The van der Waals surface area contributed by atoms with Gasteiger partial charge in [0.1, 0.15) is 36.6 Å². The average molecular weight is 923 g/mol. The molecule has 1 saturated heterocycles. The van der Waals surface area contributed by atoms with E-state index in [-0.39, 0.29) is 0 Å². The highest BCUT2D eigenvalue weighted by molar-refractivity contribution is 7.82. The van der Waals surface area contributed by atoms with E-state index in [9.17, 15) is 77.1 Å². The molecule has 32 nitrogen and oxygen atoms in total. The van der Waals surface area contributed by atoms with Gasteiger partial charge in [-0.25, -0.2) is 25.1 Å². The first-order valence-electron chi connectivity index (χ1n) is 11.3. The molecule has 10 atom stereocenters. The van der Waals surface area contributed by atoms with Gasteiger partial charge in [0.15, 0.2) is 12.4 Å². The third-order valence-corrected chi connectivity index (χ3v) is 8.44. The SMILES string of the molecule is O=S(O)O[C@H]1[C@H](OS(=O)(=O)O)[C@@H](OC[C@@H](OS(=O)(=O)O)[C@@H](OS(=O)(=O)O)[C@H](OS(=O)(=O)O)[C@@H](COS(=O)(=O)O)OS(=O)(=O)O)OC[C@H]1OS(=O)O. The van der Waals surface area contributed by atoms with Gasteiger partial charge in [-0.05, 0) is 0 Å². The molecule has 1 rings (SSSR count). The Morgan fingerprint density at radius 1 is 0.569 bits per heavy atom. The minimum absolute atomic E-state index is 1.18. The normalized spacial score (nSPS) is 25.0. The summed E-state index contributed by atoms with van der Waals surface area (Å²) in [6.07, 6.45) is -23.6. The van der Waals surface area contributed by atoms with Crippen molar-refractivity contribution >= 4 is 85.1 Å². The van der Waals surface area contributed by atoms with Crippen LogP contribution in [0.5, 0.6) is 0 Å². The van der Waals surface area contributed by atoms with E-state index in [1.54, 1.807) is 0 Å². The summed E-state index contributed by atoms with van der Waals surface area (Å²) in [6.45, 7) is -5.30. The van der Waals surface area contributed by atoms with E-state index in [0.29, 0.717) is 0 Å². The zero-order chi connectivity index (χ0) is 40.0. The number of ether oxygens (including phenoxy) is 2. The molecule has 1 aliphatic heterocycles. The highest BCUT2D eigenvalue weighted by atomic mass is 32.3. The van der Waals surface area contributed by atoms with Gasteiger partial charge in [-0.3, -0.25) is 44.8 Å². The summed E-state index contributed by atoms with van der Waals surface area (Å²) in [5, 5.41) is 0. The van der Waals surface area contributed by atoms with Crippen molar-refractivity contribution in [1.82, 2.24) is 0 Å². The lowest BCUT2D eigenvalue weighted by Gasteiger charge is -2.39. The molecule has 0 amide bonds. The van der Waals surface area contributed by atoms with Crippen molar-refractivity contribution in [3.05, 3.63) is 0 Å². The fourth-order valence-corrected chi connectivity index (χ4v) is 7.05. The maximum atomic E-state index is 11.7. The Balaban J connectivity index is 3.93. The van der Waals surface area contributed by atoms with Gasteiger partial charge < -0.3 is 9.47 Å². The second kappa shape index (κ2) is 18.7. The molecule has 0 aromatic carbocycles. The van der Waals surface area contributed by atoms with Gasteiger partial charge in [-0.15, -0.1) is 0 Å².